The number of aryl methyl sites for hydroxylation is 1. The van der Waals surface area contributed by atoms with Crippen LogP contribution in [-0.4, -0.2) is 46.7 Å². The van der Waals surface area contributed by atoms with Crippen molar-refractivity contribution in [1.82, 2.24) is 14.8 Å². The van der Waals surface area contributed by atoms with Crippen molar-refractivity contribution in [2.75, 3.05) is 6.26 Å². The van der Waals surface area contributed by atoms with Crippen molar-refractivity contribution >= 4 is 27.0 Å². The molecule has 0 saturated heterocycles. The zero-order valence-electron chi connectivity index (χ0n) is 23.0. The monoisotopic (exact) mass is 628 g/mol. The summed E-state index contributed by atoms with van der Waals surface area (Å²) < 4.78 is 86.2. The molecule has 3 heterocycles. The Bertz CT molecular complexity index is 2020. The Kier molecular flexibility index (Phi) is 6.70. The van der Waals surface area contributed by atoms with Gasteiger partial charge < -0.3 is 24.7 Å². The van der Waals surface area contributed by atoms with E-state index in [2.05, 4.69) is 19.6 Å². The molecule has 6 rings (SSSR count). The standard InChI is InChI=1S/C29H23F3N4O7S/c1-15-34-25(17-5-7-21-22(11-17)43-29(31,32)42-21)26(41-15)28(30)13-18(6-8-24(28)36-10-9-20(35-36)27(33)38)16-3-4-19(14-37)23(12-16)44(2,39)40/h3-12,37H,13-14H2,1-2H3,(H2,33,38). The summed E-state index contributed by atoms with van der Waals surface area (Å²) in [5.74, 6) is -1.62. The van der Waals surface area contributed by atoms with Crippen molar-refractivity contribution in [3.8, 4) is 22.8 Å². The molecular formula is C29H23F3N4O7S. The van der Waals surface area contributed by atoms with Gasteiger partial charge in [-0.1, -0.05) is 18.2 Å². The highest BCUT2D eigenvalue weighted by Crippen LogP contribution is 2.51. The summed E-state index contributed by atoms with van der Waals surface area (Å²) >= 11 is 0. The predicted octanol–water partition coefficient (Wildman–Crippen LogP) is 4.36. The average Bonchev–Trinajstić information content (AvgIpc) is 3.67. The molecular weight excluding hydrogens is 605 g/mol. The number of oxazole rings is 1. The SMILES string of the molecule is Cc1nc(-c2ccc3c(c2)OC(F)(F)O3)c(C2(F)CC(c3ccc(CO)c(S(C)(=O)=O)c3)=CC=C2n2ccc(C(N)=O)n2)o1. The molecule has 0 saturated carbocycles. The fraction of sp³-hybridized carbons (Fsp3) is 0.207. The van der Waals surface area contributed by atoms with E-state index in [1.54, 1.807) is 12.1 Å². The third-order valence-electron chi connectivity index (χ3n) is 7.15. The van der Waals surface area contributed by atoms with E-state index in [1.807, 2.05) is 0 Å². The van der Waals surface area contributed by atoms with Gasteiger partial charge in [0.1, 0.15) is 11.4 Å². The molecule has 15 heteroatoms. The highest BCUT2D eigenvalue weighted by Gasteiger charge is 2.48. The van der Waals surface area contributed by atoms with Gasteiger partial charge in [0.2, 0.25) is 5.67 Å². The largest absolute Gasteiger partial charge is 0.586 e. The van der Waals surface area contributed by atoms with E-state index in [0.29, 0.717) is 11.1 Å². The molecule has 0 fully saturated rings. The molecule has 4 aromatic rings. The van der Waals surface area contributed by atoms with Crippen molar-refractivity contribution in [2.24, 2.45) is 5.73 Å². The summed E-state index contributed by atoms with van der Waals surface area (Å²) in [6.07, 6.45) is 0.969. The van der Waals surface area contributed by atoms with Gasteiger partial charge in [-0.25, -0.2) is 22.5 Å². The summed E-state index contributed by atoms with van der Waals surface area (Å²) in [7, 11) is -3.76. The number of hydrogen-bond acceptors (Lipinski definition) is 9. The minimum atomic E-state index is -3.88. The van der Waals surface area contributed by atoms with Crippen molar-refractivity contribution in [2.45, 2.75) is 36.8 Å². The Balaban J connectivity index is 1.52. The maximum Gasteiger partial charge on any atom is 0.586 e. The van der Waals surface area contributed by atoms with Crippen LogP contribution in [0.2, 0.25) is 0 Å². The number of hydrogen-bond donors (Lipinski definition) is 2. The predicted molar refractivity (Wildman–Crippen MR) is 149 cm³/mol. The zero-order valence-corrected chi connectivity index (χ0v) is 23.9. The summed E-state index contributed by atoms with van der Waals surface area (Å²) in [6.45, 7) is 0.952. The molecule has 1 aliphatic carbocycles. The van der Waals surface area contributed by atoms with E-state index in [-0.39, 0.29) is 56.3 Å². The summed E-state index contributed by atoms with van der Waals surface area (Å²) in [6, 6.07) is 9.47. The number of primary amides is 1. The van der Waals surface area contributed by atoms with Crippen LogP contribution in [0.5, 0.6) is 11.5 Å². The van der Waals surface area contributed by atoms with E-state index >= 15 is 4.39 Å². The lowest BCUT2D eigenvalue weighted by Gasteiger charge is -2.31. The number of aliphatic hydroxyl groups excluding tert-OH is 1. The highest BCUT2D eigenvalue weighted by atomic mass is 32.2. The van der Waals surface area contributed by atoms with E-state index in [9.17, 15) is 27.1 Å². The van der Waals surface area contributed by atoms with Crippen LogP contribution in [0.25, 0.3) is 22.5 Å². The number of fused-ring (bicyclic) bond motifs is 1. The molecule has 3 N–H and O–H groups in total. The van der Waals surface area contributed by atoms with Gasteiger partial charge >= 0.3 is 6.29 Å². The lowest BCUT2D eigenvalue weighted by molar-refractivity contribution is -0.286. The number of sulfone groups is 1. The minimum Gasteiger partial charge on any atom is -0.441 e. The first kappa shape index (κ1) is 29.2. The third-order valence-corrected chi connectivity index (χ3v) is 8.33. The molecule has 0 spiro atoms. The Labute approximate surface area is 247 Å². The van der Waals surface area contributed by atoms with Crippen LogP contribution in [0.3, 0.4) is 0 Å². The molecule has 11 nitrogen and oxygen atoms in total. The van der Waals surface area contributed by atoms with E-state index in [0.717, 1.165) is 10.9 Å². The number of aromatic nitrogens is 3. The number of carbonyl (C=O) groups is 1. The second-order valence-corrected chi connectivity index (χ2v) is 12.2. The van der Waals surface area contributed by atoms with E-state index in [1.165, 1.54) is 55.6 Å². The van der Waals surface area contributed by atoms with Gasteiger partial charge in [-0.3, -0.25) is 4.79 Å². The van der Waals surface area contributed by atoms with Crippen LogP contribution in [0.4, 0.5) is 13.2 Å². The second-order valence-electron chi connectivity index (χ2n) is 10.2. The fourth-order valence-electron chi connectivity index (χ4n) is 5.18. The third kappa shape index (κ3) is 5.03. The molecule has 0 bridgehead atoms. The van der Waals surface area contributed by atoms with Crippen molar-refractivity contribution < 1.29 is 45.4 Å². The summed E-state index contributed by atoms with van der Waals surface area (Å²) in [4.78, 5) is 16.0. The molecule has 0 radical (unpaired) electrons. The van der Waals surface area contributed by atoms with E-state index in [4.69, 9.17) is 10.2 Å². The Hall–Kier alpha value is -4.89. The number of amides is 1. The van der Waals surface area contributed by atoms with Gasteiger partial charge in [0, 0.05) is 31.4 Å². The van der Waals surface area contributed by atoms with Crippen LogP contribution >= 0.6 is 0 Å². The lowest BCUT2D eigenvalue weighted by atomic mass is 9.82. The molecule has 44 heavy (non-hydrogen) atoms. The minimum absolute atomic E-state index is 0.0338. The van der Waals surface area contributed by atoms with Crippen LogP contribution in [0, 0.1) is 6.92 Å². The first-order valence-corrected chi connectivity index (χ1v) is 14.9. The summed E-state index contributed by atoms with van der Waals surface area (Å²) in [5, 5.41) is 13.8. The quantitative estimate of drug-likeness (QED) is 0.303. The fourth-order valence-corrected chi connectivity index (χ4v) is 6.13. The number of rotatable bonds is 7. The number of allylic oxidation sites excluding steroid dienone is 4. The van der Waals surface area contributed by atoms with Crippen molar-refractivity contribution in [3.63, 3.8) is 0 Å². The van der Waals surface area contributed by atoms with Crippen LogP contribution in [0.15, 0.2) is 70.1 Å². The number of benzene rings is 2. The van der Waals surface area contributed by atoms with Gasteiger partial charge in [0.25, 0.3) is 5.91 Å². The lowest BCUT2D eigenvalue weighted by Crippen LogP contribution is -2.29. The Morgan fingerprint density at radius 2 is 1.80 bits per heavy atom. The molecule has 1 unspecified atom stereocenters. The molecule has 2 aromatic carbocycles. The number of carbonyl (C=O) groups excluding carboxylic acids is 1. The molecule has 228 valence electrons. The molecule has 2 aromatic heterocycles. The summed E-state index contributed by atoms with van der Waals surface area (Å²) in [5.41, 5.74) is 3.57. The maximum atomic E-state index is 17.9. The Morgan fingerprint density at radius 1 is 1.07 bits per heavy atom. The number of nitrogens with two attached hydrogens (primary N) is 1. The van der Waals surface area contributed by atoms with Crippen molar-refractivity contribution in [3.05, 3.63) is 89.3 Å². The topological polar surface area (TPSA) is 160 Å². The smallest absolute Gasteiger partial charge is 0.441 e. The average molecular weight is 629 g/mol. The normalized spacial score (nSPS) is 19.0. The molecule has 2 aliphatic rings. The van der Waals surface area contributed by atoms with Gasteiger partial charge in [-0.2, -0.15) is 5.10 Å². The maximum absolute atomic E-state index is 17.9. The Morgan fingerprint density at radius 3 is 2.48 bits per heavy atom. The highest BCUT2D eigenvalue weighted by molar-refractivity contribution is 7.90. The number of ether oxygens (including phenoxy) is 2. The van der Waals surface area contributed by atoms with Gasteiger partial charge in [0.05, 0.1) is 17.2 Å². The first-order valence-electron chi connectivity index (χ1n) is 13.0. The van der Waals surface area contributed by atoms with Gasteiger partial charge in [-0.15, -0.1) is 8.78 Å². The number of halogens is 3. The number of aliphatic hydroxyl groups is 1. The number of nitrogens with zero attached hydrogens (tertiary/aromatic N) is 3. The van der Waals surface area contributed by atoms with E-state index < -0.39 is 40.7 Å². The van der Waals surface area contributed by atoms with Gasteiger partial charge in [-0.05, 0) is 53.1 Å². The molecule has 1 aliphatic heterocycles. The molecule has 1 amide bonds. The second kappa shape index (κ2) is 10.1. The number of alkyl halides is 3. The van der Waals surface area contributed by atoms with Crippen molar-refractivity contribution in [1.29, 1.82) is 0 Å². The van der Waals surface area contributed by atoms with Crippen LogP contribution < -0.4 is 15.2 Å². The van der Waals surface area contributed by atoms with Crippen LogP contribution in [-0.2, 0) is 22.1 Å². The van der Waals surface area contributed by atoms with Crippen LogP contribution in [0.1, 0.15) is 39.7 Å². The first-order chi connectivity index (χ1) is 20.7. The zero-order chi connectivity index (χ0) is 31.6. The van der Waals surface area contributed by atoms with Gasteiger partial charge in [0.15, 0.2) is 33.0 Å². The molecule has 1 atom stereocenters.